The van der Waals surface area contributed by atoms with Gasteiger partial charge in [0.15, 0.2) is 0 Å². The number of hydrogen-bond donors (Lipinski definition) is 0. The average molecular weight is 266 g/mol. The number of hydrogen-bond acceptors (Lipinski definition) is 1. The van der Waals surface area contributed by atoms with Crippen LogP contribution in [0.4, 0.5) is 0 Å². The van der Waals surface area contributed by atoms with E-state index in [0.717, 1.165) is 5.92 Å². The number of benzene rings is 1. The van der Waals surface area contributed by atoms with Gasteiger partial charge in [-0.2, -0.15) is 0 Å². The van der Waals surface area contributed by atoms with E-state index in [1.807, 2.05) is 6.33 Å². The summed E-state index contributed by atoms with van der Waals surface area (Å²) in [7, 11) is 0. The van der Waals surface area contributed by atoms with Crippen LogP contribution in [-0.2, 0) is 0 Å². The summed E-state index contributed by atoms with van der Waals surface area (Å²) in [5, 5.41) is 0. The van der Waals surface area contributed by atoms with Gasteiger partial charge in [-0.3, -0.25) is 0 Å². The molecule has 104 valence electrons. The van der Waals surface area contributed by atoms with Crippen LogP contribution in [0.2, 0.25) is 0 Å². The van der Waals surface area contributed by atoms with E-state index in [9.17, 15) is 0 Å². The van der Waals surface area contributed by atoms with Gasteiger partial charge in [0.05, 0.1) is 17.7 Å². The van der Waals surface area contributed by atoms with E-state index < -0.39 is 0 Å². The molecule has 2 heteroatoms. The van der Waals surface area contributed by atoms with Gasteiger partial charge in [0.2, 0.25) is 0 Å². The van der Waals surface area contributed by atoms with Gasteiger partial charge in [0.1, 0.15) is 0 Å². The van der Waals surface area contributed by atoms with Gasteiger partial charge in [0.25, 0.3) is 0 Å². The van der Waals surface area contributed by atoms with Crippen molar-refractivity contribution in [1.82, 2.24) is 9.55 Å². The lowest BCUT2D eigenvalue weighted by Gasteiger charge is -2.23. The third kappa shape index (κ3) is 1.98. The third-order valence-electron chi connectivity index (χ3n) is 5.18. The summed E-state index contributed by atoms with van der Waals surface area (Å²) in [6.45, 7) is 0. The molecule has 0 spiro atoms. The lowest BCUT2D eigenvalue weighted by atomic mass is 9.82. The van der Waals surface area contributed by atoms with E-state index in [-0.39, 0.29) is 0 Å². The fourth-order valence-corrected chi connectivity index (χ4v) is 4.11. The molecule has 1 fully saturated rings. The van der Waals surface area contributed by atoms with Crippen molar-refractivity contribution in [2.45, 2.75) is 50.9 Å². The summed E-state index contributed by atoms with van der Waals surface area (Å²) in [6.07, 6.45) is 13.9. The number of fused-ring (bicyclic) bond motifs is 3. The lowest BCUT2D eigenvalue weighted by Crippen LogP contribution is -2.08. The molecule has 2 nitrogen and oxygen atoms in total. The Morgan fingerprint density at radius 1 is 1.05 bits per heavy atom. The Labute approximate surface area is 120 Å². The minimum absolute atomic E-state index is 0.565. The van der Waals surface area contributed by atoms with Crippen LogP contribution in [0.15, 0.2) is 36.8 Å². The first-order valence-electron chi connectivity index (χ1n) is 8.05. The second-order valence-corrected chi connectivity index (χ2v) is 6.38. The van der Waals surface area contributed by atoms with E-state index in [1.165, 1.54) is 61.9 Å². The van der Waals surface area contributed by atoms with Crippen LogP contribution in [0.1, 0.15) is 62.1 Å². The maximum atomic E-state index is 4.35. The Hall–Kier alpha value is -1.57. The van der Waals surface area contributed by atoms with E-state index in [4.69, 9.17) is 0 Å². The predicted molar refractivity (Wildman–Crippen MR) is 81.2 cm³/mol. The van der Waals surface area contributed by atoms with E-state index in [0.29, 0.717) is 5.92 Å². The smallest absolute Gasteiger partial charge is 0.0994 e. The molecule has 2 aliphatic rings. The second-order valence-electron chi connectivity index (χ2n) is 6.38. The molecule has 1 aromatic heterocycles. The van der Waals surface area contributed by atoms with Crippen LogP contribution in [0.5, 0.6) is 0 Å². The van der Waals surface area contributed by atoms with Crippen molar-refractivity contribution < 1.29 is 0 Å². The molecule has 0 N–H and O–H groups in total. The van der Waals surface area contributed by atoms with Crippen LogP contribution in [0.3, 0.4) is 0 Å². The molecule has 0 radical (unpaired) electrons. The summed E-state index contributed by atoms with van der Waals surface area (Å²) in [4.78, 5) is 4.35. The summed E-state index contributed by atoms with van der Waals surface area (Å²) in [6, 6.07) is 8.83. The zero-order valence-corrected chi connectivity index (χ0v) is 12.0. The third-order valence-corrected chi connectivity index (χ3v) is 5.18. The van der Waals surface area contributed by atoms with Crippen molar-refractivity contribution in [2.75, 3.05) is 0 Å². The summed E-state index contributed by atoms with van der Waals surface area (Å²) in [5.74, 6) is 1.53. The van der Waals surface area contributed by atoms with Crippen LogP contribution < -0.4 is 0 Å². The molecule has 1 aliphatic carbocycles. The molecule has 0 amide bonds. The quantitative estimate of drug-likeness (QED) is 0.788. The molecular weight excluding hydrogens is 244 g/mol. The molecule has 20 heavy (non-hydrogen) atoms. The zero-order chi connectivity index (χ0) is 13.4. The lowest BCUT2D eigenvalue weighted by molar-refractivity contribution is 0.328. The Morgan fingerprint density at radius 2 is 1.90 bits per heavy atom. The Balaban J connectivity index is 1.56. The van der Waals surface area contributed by atoms with Crippen LogP contribution in [0.25, 0.3) is 5.69 Å². The molecule has 2 aromatic rings. The van der Waals surface area contributed by atoms with Gasteiger partial charge >= 0.3 is 0 Å². The monoisotopic (exact) mass is 266 g/mol. The molecule has 1 aromatic carbocycles. The number of rotatable bonds is 3. The Morgan fingerprint density at radius 3 is 2.80 bits per heavy atom. The first-order valence-corrected chi connectivity index (χ1v) is 8.05. The molecule has 1 atom stereocenters. The summed E-state index contributed by atoms with van der Waals surface area (Å²) in [5.41, 5.74) is 4.23. The van der Waals surface area contributed by atoms with Gasteiger partial charge in [0, 0.05) is 12.1 Å². The molecular formula is C18H22N2. The topological polar surface area (TPSA) is 17.8 Å². The number of imidazole rings is 1. The highest BCUT2D eigenvalue weighted by Gasteiger charge is 2.29. The normalized spacial score (nSPS) is 21.7. The van der Waals surface area contributed by atoms with Gasteiger partial charge in [-0.25, -0.2) is 4.98 Å². The summed E-state index contributed by atoms with van der Waals surface area (Å²) < 4.78 is 2.28. The van der Waals surface area contributed by atoms with Crippen molar-refractivity contribution >= 4 is 0 Å². The number of nitrogens with zero attached hydrogens (tertiary/aromatic N) is 2. The first kappa shape index (κ1) is 12.2. The van der Waals surface area contributed by atoms with Crippen molar-refractivity contribution in [3.63, 3.8) is 0 Å². The highest BCUT2D eigenvalue weighted by molar-refractivity contribution is 5.52. The first-order chi connectivity index (χ1) is 9.93. The zero-order valence-electron chi connectivity index (χ0n) is 12.0. The van der Waals surface area contributed by atoms with Crippen molar-refractivity contribution in [1.29, 1.82) is 0 Å². The molecule has 1 unspecified atom stereocenters. The molecule has 1 saturated carbocycles. The average Bonchev–Trinajstić information content (AvgIpc) is 3.07. The van der Waals surface area contributed by atoms with E-state index in [1.54, 1.807) is 0 Å². The Bertz CT molecular complexity index is 593. The minimum atomic E-state index is 0.565. The fraction of sp³-hybridized carbons (Fsp3) is 0.500. The van der Waals surface area contributed by atoms with Crippen LogP contribution in [0, 0.1) is 5.92 Å². The Kier molecular flexibility index (Phi) is 3.10. The number of aromatic nitrogens is 2. The van der Waals surface area contributed by atoms with Crippen molar-refractivity contribution in [3.8, 4) is 5.69 Å². The maximum absolute atomic E-state index is 4.35. The summed E-state index contributed by atoms with van der Waals surface area (Å²) >= 11 is 0. The molecule has 4 rings (SSSR count). The van der Waals surface area contributed by atoms with Gasteiger partial charge in [-0.1, -0.05) is 50.3 Å². The molecule has 0 bridgehead atoms. The standard InChI is InChI=1S/C18H22N2/c1-2-6-14(7-3-1)10-11-16-15-8-4-5-9-17(15)20-13-19-12-18(16)20/h4-5,8-9,12-14,16H,1-3,6-7,10-11H2. The van der Waals surface area contributed by atoms with Gasteiger partial charge in [-0.05, 0) is 30.4 Å². The molecule has 0 saturated heterocycles. The maximum Gasteiger partial charge on any atom is 0.0994 e. The second kappa shape index (κ2) is 5.08. The van der Waals surface area contributed by atoms with Gasteiger partial charge in [-0.15, -0.1) is 0 Å². The fourth-order valence-electron chi connectivity index (χ4n) is 4.11. The molecule has 1 aliphatic heterocycles. The van der Waals surface area contributed by atoms with E-state index in [2.05, 4.69) is 40.0 Å². The van der Waals surface area contributed by atoms with Crippen LogP contribution >= 0.6 is 0 Å². The highest BCUT2D eigenvalue weighted by Crippen LogP contribution is 2.41. The largest absolute Gasteiger partial charge is 0.302 e. The van der Waals surface area contributed by atoms with Crippen molar-refractivity contribution in [2.24, 2.45) is 5.92 Å². The minimum Gasteiger partial charge on any atom is -0.302 e. The molecule has 2 heterocycles. The van der Waals surface area contributed by atoms with Gasteiger partial charge < -0.3 is 4.57 Å². The predicted octanol–water partition coefficient (Wildman–Crippen LogP) is 4.68. The van der Waals surface area contributed by atoms with Crippen LogP contribution in [-0.4, -0.2) is 9.55 Å². The SMILES string of the molecule is c1ccc2c(c1)C(CCC1CCCCC1)c1cncn1-2. The van der Waals surface area contributed by atoms with Crippen molar-refractivity contribution in [3.05, 3.63) is 48.0 Å². The van der Waals surface area contributed by atoms with E-state index >= 15 is 0 Å². The highest BCUT2D eigenvalue weighted by atomic mass is 15.1. The number of para-hydroxylation sites is 1.